The quantitative estimate of drug-likeness (QED) is 0.832. The maximum absolute atomic E-state index is 12.9. The lowest BCUT2D eigenvalue weighted by molar-refractivity contribution is 0.232. The molecule has 1 atom stereocenters. The zero-order chi connectivity index (χ0) is 11.8. The molecule has 0 aliphatic carbocycles. The van der Waals surface area contributed by atoms with E-state index in [1.54, 1.807) is 12.1 Å². The van der Waals surface area contributed by atoms with E-state index < -0.39 is 0 Å². The molecule has 1 saturated heterocycles. The summed E-state index contributed by atoms with van der Waals surface area (Å²) >= 11 is 0. The molecule has 3 heteroatoms. The van der Waals surface area contributed by atoms with Gasteiger partial charge in [-0.05, 0) is 44.5 Å². The number of nitrogens with zero attached hydrogens (tertiary/aromatic N) is 1. The van der Waals surface area contributed by atoms with E-state index in [0.29, 0.717) is 5.92 Å². The molecule has 88 valence electrons. The summed E-state index contributed by atoms with van der Waals surface area (Å²) in [7, 11) is 0. The second-order valence-corrected chi connectivity index (χ2v) is 5.15. The fourth-order valence-corrected chi connectivity index (χ4v) is 2.58. The third-order valence-corrected chi connectivity index (χ3v) is 3.36. The van der Waals surface area contributed by atoms with Gasteiger partial charge in [0.2, 0.25) is 0 Å². The Morgan fingerprint density at radius 1 is 1.38 bits per heavy atom. The SMILES string of the molecule is CC1(C)CC(CO)CN1c1ccc(F)cc1. The maximum atomic E-state index is 12.9. The Balaban J connectivity index is 2.23. The Kier molecular flexibility index (Phi) is 2.89. The summed E-state index contributed by atoms with van der Waals surface area (Å²) in [6.07, 6.45) is 0.973. The van der Waals surface area contributed by atoms with Gasteiger partial charge >= 0.3 is 0 Å². The van der Waals surface area contributed by atoms with Crippen LogP contribution in [-0.2, 0) is 0 Å². The minimum Gasteiger partial charge on any atom is -0.396 e. The first-order valence-corrected chi connectivity index (χ1v) is 5.67. The van der Waals surface area contributed by atoms with Crippen LogP contribution in [0.1, 0.15) is 20.3 Å². The van der Waals surface area contributed by atoms with E-state index in [1.807, 2.05) is 0 Å². The van der Waals surface area contributed by atoms with E-state index >= 15 is 0 Å². The van der Waals surface area contributed by atoms with Crippen LogP contribution in [0.15, 0.2) is 24.3 Å². The van der Waals surface area contributed by atoms with E-state index in [-0.39, 0.29) is 18.0 Å². The number of anilines is 1. The Hall–Kier alpha value is -1.09. The normalized spacial score (nSPS) is 23.8. The molecule has 2 nitrogen and oxygen atoms in total. The van der Waals surface area contributed by atoms with Crippen molar-refractivity contribution in [2.75, 3.05) is 18.1 Å². The summed E-state index contributed by atoms with van der Waals surface area (Å²) in [6, 6.07) is 6.57. The smallest absolute Gasteiger partial charge is 0.123 e. The number of rotatable bonds is 2. The summed E-state index contributed by atoms with van der Waals surface area (Å²) in [6.45, 7) is 5.38. The minimum absolute atomic E-state index is 0.0330. The molecule has 0 amide bonds. The fraction of sp³-hybridized carbons (Fsp3) is 0.538. The Morgan fingerprint density at radius 2 is 2.00 bits per heavy atom. The average molecular weight is 223 g/mol. The van der Waals surface area contributed by atoms with Gasteiger partial charge in [-0.3, -0.25) is 0 Å². The van der Waals surface area contributed by atoms with Gasteiger partial charge in [-0.15, -0.1) is 0 Å². The number of aliphatic hydroxyl groups is 1. The summed E-state index contributed by atoms with van der Waals surface area (Å²) in [5, 5.41) is 9.22. The Bertz CT molecular complexity index is 361. The van der Waals surface area contributed by atoms with Gasteiger partial charge in [0.25, 0.3) is 0 Å². The highest BCUT2D eigenvalue weighted by molar-refractivity contribution is 5.50. The van der Waals surface area contributed by atoms with E-state index in [4.69, 9.17) is 0 Å². The number of aliphatic hydroxyl groups excluding tert-OH is 1. The molecule has 0 spiro atoms. The molecular weight excluding hydrogens is 205 g/mol. The zero-order valence-corrected chi connectivity index (χ0v) is 9.78. The van der Waals surface area contributed by atoms with Gasteiger partial charge in [-0.1, -0.05) is 0 Å². The van der Waals surface area contributed by atoms with Crippen LogP contribution >= 0.6 is 0 Å². The van der Waals surface area contributed by atoms with Crippen LogP contribution < -0.4 is 4.90 Å². The van der Waals surface area contributed by atoms with Crippen LogP contribution in [0, 0.1) is 11.7 Å². The molecule has 1 aliphatic heterocycles. The van der Waals surface area contributed by atoms with Crippen LogP contribution in [0.2, 0.25) is 0 Å². The van der Waals surface area contributed by atoms with E-state index in [2.05, 4.69) is 18.7 Å². The summed E-state index contributed by atoms with van der Waals surface area (Å²) in [4.78, 5) is 2.24. The van der Waals surface area contributed by atoms with Gasteiger partial charge in [-0.25, -0.2) is 4.39 Å². The molecule has 0 bridgehead atoms. The van der Waals surface area contributed by atoms with Crippen molar-refractivity contribution in [3.05, 3.63) is 30.1 Å². The van der Waals surface area contributed by atoms with Crippen LogP contribution in [0.5, 0.6) is 0 Å². The van der Waals surface area contributed by atoms with Crippen molar-refractivity contribution in [1.82, 2.24) is 0 Å². The number of hydrogen-bond acceptors (Lipinski definition) is 2. The van der Waals surface area contributed by atoms with Crippen molar-refractivity contribution < 1.29 is 9.50 Å². The highest BCUT2D eigenvalue weighted by Crippen LogP contribution is 2.36. The van der Waals surface area contributed by atoms with Gasteiger partial charge in [0.1, 0.15) is 5.82 Å². The van der Waals surface area contributed by atoms with Gasteiger partial charge in [0.05, 0.1) is 0 Å². The van der Waals surface area contributed by atoms with Crippen LogP contribution in [0.25, 0.3) is 0 Å². The van der Waals surface area contributed by atoms with E-state index in [1.165, 1.54) is 12.1 Å². The predicted molar refractivity (Wildman–Crippen MR) is 63.0 cm³/mol. The lowest BCUT2D eigenvalue weighted by Crippen LogP contribution is -2.38. The summed E-state index contributed by atoms with van der Waals surface area (Å²) < 4.78 is 12.9. The molecule has 0 radical (unpaired) electrons. The van der Waals surface area contributed by atoms with Crippen LogP contribution in [0.3, 0.4) is 0 Å². The third-order valence-electron chi connectivity index (χ3n) is 3.36. The summed E-state index contributed by atoms with van der Waals surface area (Å²) in [5.41, 5.74) is 1.06. The lowest BCUT2D eigenvalue weighted by atomic mass is 9.97. The zero-order valence-electron chi connectivity index (χ0n) is 9.78. The minimum atomic E-state index is -0.209. The Labute approximate surface area is 95.7 Å². The van der Waals surface area contributed by atoms with E-state index in [9.17, 15) is 9.50 Å². The standard InChI is InChI=1S/C13H18FNO/c1-13(2)7-10(9-16)8-15(13)12-5-3-11(14)4-6-12/h3-6,10,16H,7-9H2,1-2H3. The van der Waals surface area contributed by atoms with Crippen molar-refractivity contribution in [2.24, 2.45) is 5.92 Å². The van der Waals surface area contributed by atoms with Crippen molar-refractivity contribution >= 4 is 5.69 Å². The van der Waals surface area contributed by atoms with Gasteiger partial charge in [0, 0.05) is 30.3 Å². The second kappa shape index (κ2) is 4.06. The summed E-state index contributed by atoms with van der Waals surface area (Å²) in [5.74, 6) is 0.111. The fourth-order valence-electron chi connectivity index (χ4n) is 2.58. The van der Waals surface area contributed by atoms with Gasteiger partial charge in [0.15, 0.2) is 0 Å². The van der Waals surface area contributed by atoms with Crippen LogP contribution in [0.4, 0.5) is 10.1 Å². The molecule has 1 heterocycles. The highest BCUT2D eigenvalue weighted by atomic mass is 19.1. The highest BCUT2D eigenvalue weighted by Gasteiger charge is 2.37. The van der Waals surface area contributed by atoms with Crippen molar-refractivity contribution in [3.8, 4) is 0 Å². The van der Waals surface area contributed by atoms with Crippen molar-refractivity contribution in [1.29, 1.82) is 0 Å². The lowest BCUT2D eigenvalue weighted by Gasteiger charge is -2.33. The number of halogens is 1. The van der Waals surface area contributed by atoms with Crippen LogP contribution in [-0.4, -0.2) is 23.8 Å². The van der Waals surface area contributed by atoms with E-state index in [0.717, 1.165) is 18.7 Å². The topological polar surface area (TPSA) is 23.5 Å². The molecular formula is C13H18FNO. The first-order chi connectivity index (χ1) is 7.53. The molecule has 1 aromatic carbocycles. The van der Waals surface area contributed by atoms with Gasteiger partial charge in [-0.2, -0.15) is 0 Å². The molecule has 1 fully saturated rings. The largest absolute Gasteiger partial charge is 0.396 e. The molecule has 0 aromatic heterocycles. The average Bonchev–Trinajstić information content (AvgIpc) is 2.55. The monoisotopic (exact) mass is 223 g/mol. The van der Waals surface area contributed by atoms with Gasteiger partial charge < -0.3 is 10.0 Å². The number of benzene rings is 1. The Morgan fingerprint density at radius 3 is 2.50 bits per heavy atom. The first-order valence-electron chi connectivity index (χ1n) is 5.67. The molecule has 2 rings (SSSR count). The second-order valence-electron chi connectivity index (χ2n) is 5.15. The molecule has 0 saturated carbocycles. The third kappa shape index (κ3) is 2.05. The maximum Gasteiger partial charge on any atom is 0.123 e. The molecule has 1 aromatic rings. The van der Waals surface area contributed by atoms with Crippen molar-refractivity contribution in [2.45, 2.75) is 25.8 Å². The molecule has 16 heavy (non-hydrogen) atoms. The molecule has 1 N–H and O–H groups in total. The molecule has 1 unspecified atom stereocenters. The first kappa shape index (κ1) is 11.4. The predicted octanol–water partition coefficient (Wildman–Crippen LogP) is 2.42. The molecule has 1 aliphatic rings. The number of hydrogen-bond donors (Lipinski definition) is 1. The van der Waals surface area contributed by atoms with Crippen molar-refractivity contribution in [3.63, 3.8) is 0 Å².